The van der Waals surface area contributed by atoms with Gasteiger partial charge in [0.1, 0.15) is 11.8 Å². The van der Waals surface area contributed by atoms with E-state index in [9.17, 15) is 14.7 Å². The first-order valence-electron chi connectivity index (χ1n) is 6.73. The standard InChI is InChI=1S/C16H17NO5/c1-4-10-21-15(20)17-12(11-8-6-5-7-9-11)13(14(18)19)22-16(17,2)3/h1,5-9,12-13H,10H2,2-3H3,(H,18,19). The molecule has 2 rings (SSSR count). The second-order valence-electron chi connectivity index (χ2n) is 5.31. The zero-order valence-corrected chi connectivity index (χ0v) is 12.4. The van der Waals surface area contributed by atoms with Crippen LogP contribution in [0.5, 0.6) is 0 Å². The summed E-state index contributed by atoms with van der Waals surface area (Å²) in [6.07, 6.45) is 3.20. The molecule has 1 N–H and O–H groups in total. The van der Waals surface area contributed by atoms with E-state index in [2.05, 4.69) is 5.92 Å². The molecule has 2 atom stereocenters. The molecule has 1 aromatic rings. The van der Waals surface area contributed by atoms with E-state index in [1.54, 1.807) is 44.2 Å². The van der Waals surface area contributed by atoms with Crippen LogP contribution in [0.25, 0.3) is 0 Å². The van der Waals surface area contributed by atoms with E-state index in [1.165, 1.54) is 4.90 Å². The van der Waals surface area contributed by atoms with Gasteiger partial charge in [0.05, 0.1) is 0 Å². The van der Waals surface area contributed by atoms with Gasteiger partial charge >= 0.3 is 12.1 Å². The molecule has 22 heavy (non-hydrogen) atoms. The van der Waals surface area contributed by atoms with Crippen LogP contribution in [0.15, 0.2) is 30.3 Å². The molecular weight excluding hydrogens is 286 g/mol. The molecule has 1 aliphatic rings. The number of carbonyl (C=O) groups is 2. The molecule has 6 nitrogen and oxygen atoms in total. The molecule has 0 radical (unpaired) electrons. The quantitative estimate of drug-likeness (QED) is 0.865. The van der Waals surface area contributed by atoms with E-state index in [0.29, 0.717) is 5.56 Å². The van der Waals surface area contributed by atoms with Crippen LogP contribution in [0.4, 0.5) is 4.79 Å². The number of nitrogens with zero attached hydrogens (tertiary/aromatic N) is 1. The molecule has 2 unspecified atom stereocenters. The average Bonchev–Trinajstić information content (AvgIpc) is 2.77. The molecule has 1 amide bonds. The largest absolute Gasteiger partial charge is 0.479 e. The second-order valence-corrected chi connectivity index (χ2v) is 5.31. The van der Waals surface area contributed by atoms with E-state index in [4.69, 9.17) is 15.9 Å². The number of amides is 1. The second kappa shape index (κ2) is 6.08. The Bertz CT molecular complexity index is 605. The number of carbonyl (C=O) groups excluding carboxylic acids is 1. The summed E-state index contributed by atoms with van der Waals surface area (Å²) in [4.78, 5) is 25.1. The van der Waals surface area contributed by atoms with Gasteiger partial charge in [-0.1, -0.05) is 36.3 Å². The molecule has 0 aromatic heterocycles. The van der Waals surface area contributed by atoms with Crippen molar-refractivity contribution in [3.63, 3.8) is 0 Å². The minimum absolute atomic E-state index is 0.190. The van der Waals surface area contributed by atoms with Gasteiger partial charge in [0, 0.05) is 0 Å². The maximum Gasteiger partial charge on any atom is 0.413 e. The Kier molecular flexibility index (Phi) is 4.38. The molecule has 1 aliphatic heterocycles. The van der Waals surface area contributed by atoms with E-state index < -0.39 is 29.9 Å². The van der Waals surface area contributed by atoms with Crippen molar-refractivity contribution >= 4 is 12.1 Å². The van der Waals surface area contributed by atoms with Gasteiger partial charge < -0.3 is 14.6 Å². The summed E-state index contributed by atoms with van der Waals surface area (Å²) in [5, 5.41) is 9.42. The van der Waals surface area contributed by atoms with Crippen molar-refractivity contribution in [2.24, 2.45) is 0 Å². The lowest BCUT2D eigenvalue weighted by molar-refractivity contribution is -0.155. The number of benzene rings is 1. The van der Waals surface area contributed by atoms with Crippen LogP contribution < -0.4 is 0 Å². The Labute approximate surface area is 128 Å². The first kappa shape index (κ1) is 15.9. The Morgan fingerprint density at radius 1 is 1.41 bits per heavy atom. The van der Waals surface area contributed by atoms with Crippen LogP contribution in [0.1, 0.15) is 25.5 Å². The zero-order valence-electron chi connectivity index (χ0n) is 12.4. The lowest BCUT2D eigenvalue weighted by Crippen LogP contribution is -2.45. The monoisotopic (exact) mass is 303 g/mol. The fourth-order valence-corrected chi connectivity index (χ4v) is 2.57. The van der Waals surface area contributed by atoms with Crippen LogP contribution in [0.2, 0.25) is 0 Å². The predicted octanol–water partition coefficient (Wildman–Crippen LogP) is 2.02. The van der Waals surface area contributed by atoms with E-state index in [0.717, 1.165) is 0 Å². The van der Waals surface area contributed by atoms with Gasteiger partial charge in [-0.2, -0.15) is 0 Å². The fraction of sp³-hybridized carbons (Fsp3) is 0.375. The Hall–Kier alpha value is -2.52. The Morgan fingerprint density at radius 2 is 2.05 bits per heavy atom. The summed E-state index contributed by atoms with van der Waals surface area (Å²) >= 11 is 0. The smallest absolute Gasteiger partial charge is 0.413 e. The number of hydrogen-bond acceptors (Lipinski definition) is 4. The van der Waals surface area contributed by atoms with Crippen molar-refractivity contribution in [2.75, 3.05) is 6.61 Å². The summed E-state index contributed by atoms with van der Waals surface area (Å²) in [7, 11) is 0. The van der Waals surface area contributed by atoms with Crippen molar-refractivity contribution < 1.29 is 24.2 Å². The molecule has 1 aromatic carbocycles. The third kappa shape index (κ3) is 2.90. The third-order valence-electron chi connectivity index (χ3n) is 3.42. The fourth-order valence-electron chi connectivity index (χ4n) is 2.57. The van der Waals surface area contributed by atoms with Gasteiger partial charge in [-0.25, -0.2) is 9.59 Å². The summed E-state index contributed by atoms with van der Waals surface area (Å²) < 4.78 is 10.5. The lowest BCUT2D eigenvalue weighted by atomic mass is 10.0. The molecule has 0 bridgehead atoms. The van der Waals surface area contributed by atoms with Gasteiger partial charge in [0.25, 0.3) is 0 Å². The molecule has 0 saturated carbocycles. The third-order valence-corrected chi connectivity index (χ3v) is 3.42. The minimum atomic E-state index is -1.18. The molecule has 116 valence electrons. The molecule has 0 spiro atoms. The van der Waals surface area contributed by atoms with Crippen LogP contribution in [-0.2, 0) is 14.3 Å². The number of rotatable bonds is 3. The maximum atomic E-state index is 12.3. The molecular formula is C16H17NO5. The Balaban J connectivity index is 2.43. The molecule has 1 saturated heterocycles. The highest BCUT2D eigenvalue weighted by molar-refractivity contribution is 5.78. The minimum Gasteiger partial charge on any atom is -0.479 e. The van der Waals surface area contributed by atoms with Gasteiger partial charge in [-0.3, -0.25) is 4.90 Å². The van der Waals surface area contributed by atoms with Crippen molar-refractivity contribution in [3.05, 3.63) is 35.9 Å². The van der Waals surface area contributed by atoms with E-state index in [-0.39, 0.29) is 6.61 Å². The van der Waals surface area contributed by atoms with Crippen LogP contribution in [0, 0.1) is 12.3 Å². The summed E-state index contributed by atoms with van der Waals surface area (Å²) in [6.45, 7) is 3.04. The topological polar surface area (TPSA) is 76.1 Å². The van der Waals surface area contributed by atoms with Crippen LogP contribution in [0.3, 0.4) is 0 Å². The first-order chi connectivity index (χ1) is 10.4. The first-order valence-corrected chi connectivity index (χ1v) is 6.73. The number of terminal acetylenes is 1. The highest BCUT2D eigenvalue weighted by atomic mass is 16.6. The van der Waals surface area contributed by atoms with Gasteiger partial charge in [0.2, 0.25) is 0 Å². The molecule has 0 aliphatic carbocycles. The summed E-state index contributed by atoms with van der Waals surface area (Å²) in [6, 6.07) is 8.04. The number of ether oxygens (including phenoxy) is 2. The van der Waals surface area contributed by atoms with Crippen molar-refractivity contribution in [3.8, 4) is 12.3 Å². The maximum absolute atomic E-state index is 12.3. The normalized spacial score (nSPS) is 22.9. The molecule has 6 heteroatoms. The molecule has 1 heterocycles. The zero-order chi connectivity index (χ0) is 16.3. The van der Waals surface area contributed by atoms with Crippen molar-refractivity contribution in [1.82, 2.24) is 4.90 Å². The van der Waals surface area contributed by atoms with Crippen molar-refractivity contribution in [2.45, 2.75) is 31.7 Å². The number of carboxylic acids is 1. The van der Waals surface area contributed by atoms with Gasteiger partial charge in [-0.05, 0) is 19.4 Å². The van der Waals surface area contributed by atoms with Crippen molar-refractivity contribution in [1.29, 1.82) is 0 Å². The number of hydrogen-bond donors (Lipinski definition) is 1. The van der Waals surface area contributed by atoms with E-state index in [1.807, 2.05) is 0 Å². The highest BCUT2D eigenvalue weighted by Gasteiger charge is 2.54. The molecule has 1 fully saturated rings. The van der Waals surface area contributed by atoms with E-state index >= 15 is 0 Å². The predicted molar refractivity (Wildman–Crippen MR) is 77.8 cm³/mol. The summed E-state index contributed by atoms with van der Waals surface area (Å²) in [5.74, 6) is 1.07. The highest BCUT2D eigenvalue weighted by Crippen LogP contribution is 2.42. The van der Waals surface area contributed by atoms with Crippen LogP contribution in [-0.4, -0.2) is 40.5 Å². The SMILES string of the molecule is C#CCOC(=O)N1C(c2ccccc2)C(C(=O)O)OC1(C)C. The number of aliphatic carboxylic acids is 1. The van der Waals surface area contributed by atoms with Crippen LogP contribution >= 0.6 is 0 Å². The van der Waals surface area contributed by atoms with Gasteiger partial charge in [0.15, 0.2) is 12.7 Å². The number of carboxylic acid groups (broad SMARTS) is 1. The lowest BCUT2D eigenvalue weighted by Gasteiger charge is -2.32. The van der Waals surface area contributed by atoms with Gasteiger partial charge in [-0.15, -0.1) is 6.42 Å². The average molecular weight is 303 g/mol. The summed E-state index contributed by atoms with van der Waals surface area (Å²) in [5.41, 5.74) is -0.479. The Morgan fingerprint density at radius 3 is 2.59 bits per heavy atom.